The quantitative estimate of drug-likeness (QED) is 0.907. The van der Waals surface area contributed by atoms with Crippen LogP contribution < -0.4 is 9.46 Å². The molecule has 0 saturated carbocycles. The molecule has 0 aliphatic carbocycles. The lowest BCUT2D eigenvalue weighted by atomic mass is 9.81. The molecule has 23 heavy (non-hydrogen) atoms. The summed E-state index contributed by atoms with van der Waals surface area (Å²) in [5.74, 6) is 0.749. The molecule has 0 unspecified atom stereocenters. The molecule has 0 radical (unpaired) electrons. The Morgan fingerprint density at radius 3 is 2.70 bits per heavy atom. The first kappa shape index (κ1) is 16.7. The van der Waals surface area contributed by atoms with E-state index in [1.807, 2.05) is 24.3 Å². The van der Waals surface area contributed by atoms with Gasteiger partial charge in [0.05, 0.1) is 12.3 Å². The number of hydrogen-bond acceptors (Lipinski definition) is 4. The van der Waals surface area contributed by atoms with Crippen LogP contribution in [-0.4, -0.2) is 51.5 Å². The second-order valence-corrected chi connectivity index (χ2v) is 8.28. The van der Waals surface area contributed by atoms with Gasteiger partial charge in [0.1, 0.15) is 18.0 Å². The fourth-order valence-corrected chi connectivity index (χ4v) is 4.32. The van der Waals surface area contributed by atoms with E-state index in [9.17, 15) is 12.8 Å². The van der Waals surface area contributed by atoms with Crippen molar-refractivity contribution in [3.05, 3.63) is 29.8 Å². The maximum atomic E-state index is 12.5. The van der Waals surface area contributed by atoms with Gasteiger partial charge in [-0.1, -0.05) is 18.2 Å². The van der Waals surface area contributed by atoms with E-state index in [0.29, 0.717) is 13.0 Å². The summed E-state index contributed by atoms with van der Waals surface area (Å²) in [6.45, 7) is 1.67. The number of likely N-dealkylation sites (tertiary alicyclic amines) is 1. The topological polar surface area (TPSA) is 58.6 Å². The average Bonchev–Trinajstić information content (AvgIpc) is 2.49. The molecule has 2 heterocycles. The maximum absolute atomic E-state index is 12.5. The molecule has 128 valence electrons. The number of para-hydroxylation sites is 1. The van der Waals surface area contributed by atoms with Gasteiger partial charge < -0.3 is 9.64 Å². The van der Waals surface area contributed by atoms with Crippen LogP contribution in [0.15, 0.2) is 24.3 Å². The summed E-state index contributed by atoms with van der Waals surface area (Å²) in [5.41, 5.74) is 0.513. The summed E-state index contributed by atoms with van der Waals surface area (Å²) in [5, 5.41) is 0. The van der Waals surface area contributed by atoms with Gasteiger partial charge in [0.2, 0.25) is 10.0 Å². The molecule has 2 aliphatic heterocycles. The Labute approximate surface area is 136 Å². The lowest BCUT2D eigenvalue weighted by Crippen LogP contribution is -2.52. The van der Waals surface area contributed by atoms with E-state index in [1.54, 1.807) is 0 Å². The highest BCUT2D eigenvalue weighted by Gasteiger charge is 2.43. The molecule has 0 aromatic heterocycles. The molecular weight excluding hydrogens is 319 g/mol. The Morgan fingerprint density at radius 2 is 2.04 bits per heavy atom. The smallest absolute Gasteiger partial charge is 0.209 e. The van der Waals surface area contributed by atoms with Crippen LogP contribution in [0.4, 0.5) is 4.39 Å². The van der Waals surface area contributed by atoms with E-state index < -0.39 is 10.0 Å². The largest absolute Gasteiger partial charge is 0.487 e. The molecule has 0 bridgehead atoms. The first-order valence-electron chi connectivity index (χ1n) is 7.94. The second kappa shape index (κ2) is 6.37. The van der Waals surface area contributed by atoms with Crippen molar-refractivity contribution >= 4 is 10.0 Å². The van der Waals surface area contributed by atoms with Crippen molar-refractivity contribution in [2.24, 2.45) is 0 Å². The van der Waals surface area contributed by atoms with Crippen LogP contribution >= 0.6 is 0 Å². The number of halogens is 1. The number of alkyl halides is 1. The predicted octanol–water partition coefficient (Wildman–Crippen LogP) is 1.86. The molecule has 0 amide bonds. The summed E-state index contributed by atoms with van der Waals surface area (Å²) in [7, 11) is -3.31. The van der Waals surface area contributed by atoms with Crippen LogP contribution in [0.5, 0.6) is 5.75 Å². The third-order valence-corrected chi connectivity index (χ3v) is 5.43. The maximum Gasteiger partial charge on any atom is 0.209 e. The van der Waals surface area contributed by atoms with E-state index in [1.165, 1.54) is 6.26 Å². The summed E-state index contributed by atoms with van der Waals surface area (Å²) in [4.78, 5) is 2.09. The normalized spacial score (nSPS) is 24.2. The number of rotatable bonds is 4. The van der Waals surface area contributed by atoms with Crippen molar-refractivity contribution in [1.29, 1.82) is 0 Å². The van der Waals surface area contributed by atoms with Crippen molar-refractivity contribution < 1.29 is 17.5 Å². The number of fused-ring (bicyclic) bond motifs is 1. The molecule has 1 aromatic rings. The second-order valence-electron chi connectivity index (χ2n) is 6.50. The van der Waals surface area contributed by atoms with E-state index in [0.717, 1.165) is 37.2 Å². The molecule has 1 N–H and O–H groups in total. The van der Waals surface area contributed by atoms with Crippen LogP contribution in [-0.2, 0) is 10.0 Å². The Bertz CT molecular complexity index is 657. The average molecular weight is 342 g/mol. The van der Waals surface area contributed by atoms with Crippen molar-refractivity contribution in [2.75, 3.05) is 32.6 Å². The Morgan fingerprint density at radius 1 is 1.35 bits per heavy atom. The lowest BCUT2D eigenvalue weighted by Gasteiger charge is -2.46. The Balaban J connectivity index is 1.83. The van der Waals surface area contributed by atoms with Gasteiger partial charge in [-0.2, -0.15) is 0 Å². The molecule has 2 aliphatic rings. The number of sulfonamides is 1. The summed E-state index contributed by atoms with van der Waals surface area (Å²) >= 11 is 0. The zero-order valence-corrected chi connectivity index (χ0v) is 14.1. The zero-order valence-electron chi connectivity index (χ0n) is 13.3. The molecule has 1 saturated heterocycles. The molecule has 1 atom stereocenters. The number of benzene rings is 1. The summed E-state index contributed by atoms with van der Waals surface area (Å²) in [6, 6.07) is 7.31. The molecular formula is C16H23FN2O3S. The monoisotopic (exact) mass is 342 g/mol. The summed E-state index contributed by atoms with van der Waals surface area (Å²) in [6.07, 6.45) is 3.36. The zero-order chi connectivity index (χ0) is 16.5. The van der Waals surface area contributed by atoms with Gasteiger partial charge in [0, 0.05) is 31.6 Å². The van der Waals surface area contributed by atoms with Crippen LogP contribution in [0.25, 0.3) is 0 Å². The van der Waals surface area contributed by atoms with Gasteiger partial charge in [-0.3, -0.25) is 0 Å². The van der Waals surface area contributed by atoms with Crippen LogP contribution in [0.1, 0.15) is 30.9 Å². The van der Waals surface area contributed by atoms with Gasteiger partial charge in [0.25, 0.3) is 0 Å². The SMILES string of the molecule is CS(=O)(=O)N[C@@H]1CC2(CCN(CCF)CC2)Oc2ccccc21. The predicted molar refractivity (Wildman–Crippen MR) is 86.8 cm³/mol. The molecule has 7 heteroatoms. The molecule has 1 aromatic carbocycles. The van der Waals surface area contributed by atoms with Crippen molar-refractivity contribution in [2.45, 2.75) is 30.9 Å². The van der Waals surface area contributed by atoms with Gasteiger partial charge in [0.15, 0.2) is 0 Å². The van der Waals surface area contributed by atoms with E-state index in [2.05, 4.69) is 9.62 Å². The van der Waals surface area contributed by atoms with Gasteiger partial charge in [-0.15, -0.1) is 0 Å². The van der Waals surface area contributed by atoms with Crippen molar-refractivity contribution in [3.8, 4) is 5.75 Å². The molecule has 5 nitrogen and oxygen atoms in total. The number of nitrogens with zero attached hydrogens (tertiary/aromatic N) is 1. The van der Waals surface area contributed by atoms with Gasteiger partial charge in [-0.25, -0.2) is 17.5 Å². The first-order valence-corrected chi connectivity index (χ1v) is 9.83. The minimum absolute atomic E-state index is 0.275. The molecule has 1 spiro atoms. The summed E-state index contributed by atoms with van der Waals surface area (Å²) < 4.78 is 45.0. The Hall–Kier alpha value is -1.18. The number of nitrogens with one attached hydrogen (secondary N) is 1. The highest BCUT2D eigenvalue weighted by Crippen LogP contribution is 2.44. The first-order chi connectivity index (χ1) is 10.9. The number of ether oxygens (including phenoxy) is 1. The van der Waals surface area contributed by atoms with E-state index in [4.69, 9.17) is 4.74 Å². The van der Waals surface area contributed by atoms with Crippen molar-refractivity contribution in [3.63, 3.8) is 0 Å². The van der Waals surface area contributed by atoms with Crippen LogP contribution in [0, 0.1) is 0 Å². The molecule has 3 rings (SSSR count). The van der Waals surface area contributed by atoms with Crippen LogP contribution in [0.3, 0.4) is 0 Å². The number of hydrogen-bond donors (Lipinski definition) is 1. The van der Waals surface area contributed by atoms with E-state index in [-0.39, 0.29) is 18.3 Å². The standard InChI is InChI=1S/C16H23FN2O3S/c1-23(20,21)18-14-12-16(6-9-19(10-7-16)11-8-17)22-15-5-3-2-4-13(14)15/h2-5,14,18H,6-12H2,1H3/t14-/m1/s1. The highest BCUT2D eigenvalue weighted by atomic mass is 32.2. The minimum atomic E-state index is -3.31. The fourth-order valence-electron chi connectivity index (χ4n) is 3.59. The molecule has 1 fully saturated rings. The highest BCUT2D eigenvalue weighted by molar-refractivity contribution is 7.88. The van der Waals surface area contributed by atoms with Gasteiger partial charge in [-0.05, 0) is 18.9 Å². The van der Waals surface area contributed by atoms with Crippen LogP contribution in [0.2, 0.25) is 0 Å². The Kier molecular flexibility index (Phi) is 4.62. The van der Waals surface area contributed by atoms with E-state index >= 15 is 0 Å². The van der Waals surface area contributed by atoms with Crippen molar-refractivity contribution in [1.82, 2.24) is 9.62 Å². The third-order valence-electron chi connectivity index (χ3n) is 4.72. The van der Waals surface area contributed by atoms with Gasteiger partial charge >= 0.3 is 0 Å². The minimum Gasteiger partial charge on any atom is -0.487 e. The number of piperidine rings is 1. The lowest BCUT2D eigenvalue weighted by molar-refractivity contribution is -0.0239. The fraction of sp³-hybridized carbons (Fsp3) is 0.625. The third kappa shape index (κ3) is 3.84.